The predicted octanol–water partition coefficient (Wildman–Crippen LogP) is 1.94. The summed E-state index contributed by atoms with van der Waals surface area (Å²) in [6.45, 7) is 2.31. The molecule has 1 fully saturated rings. The first-order valence-corrected chi connectivity index (χ1v) is 10.0. The van der Waals surface area contributed by atoms with Crippen LogP contribution in [0.15, 0.2) is 33.8 Å². The number of hydrogen-bond acceptors (Lipinski definition) is 7. The number of aromatic nitrogens is 7. The maximum absolute atomic E-state index is 13.1. The molecule has 1 aliphatic heterocycles. The van der Waals surface area contributed by atoms with Gasteiger partial charge in [-0.2, -0.15) is 23.3 Å². The number of likely N-dealkylation sites (tertiary alicyclic amines) is 1. The number of alkyl halides is 3. The molecule has 0 spiro atoms. The zero-order chi connectivity index (χ0) is 23.3. The van der Waals surface area contributed by atoms with Gasteiger partial charge in [-0.15, -0.1) is 5.10 Å². The van der Waals surface area contributed by atoms with Crippen LogP contribution in [0.25, 0.3) is 11.5 Å². The van der Waals surface area contributed by atoms with Crippen molar-refractivity contribution in [3.8, 4) is 5.95 Å². The summed E-state index contributed by atoms with van der Waals surface area (Å²) in [6, 6.07) is 3.32. The van der Waals surface area contributed by atoms with Crippen LogP contribution >= 0.6 is 0 Å². The Morgan fingerprint density at radius 2 is 2.03 bits per heavy atom. The van der Waals surface area contributed by atoms with Gasteiger partial charge in [-0.25, -0.2) is 9.20 Å². The minimum atomic E-state index is -4.69. The number of amides is 1. The quantitative estimate of drug-likeness (QED) is 0.493. The van der Waals surface area contributed by atoms with Gasteiger partial charge in [-0.1, -0.05) is 5.16 Å². The number of halogens is 3. The molecule has 0 aromatic carbocycles. The Morgan fingerprint density at radius 1 is 1.27 bits per heavy atom. The molecule has 0 unspecified atom stereocenters. The fraction of sp³-hybridized carbons (Fsp3) is 0.368. The summed E-state index contributed by atoms with van der Waals surface area (Å²) in [4.78, 5) is 33.0. The number of carbonyl (C=O) groups excluding carboxylic acids is 1. The van der Waals surface area contributed by atoms with Crippen LogP contribution in [0.2, 0.25) is 0 Å². The topological polar surface area (TPSA) is 127 Å². The van der Waals surface area contributed by atoms with Crippen LogP contribution in [-0.2, 0) is 6.18 Å². The van der Waals surface area contributed by atoms with E-state index in [2.05, 4.69) is 29.8 Å². The van der Waals surface area contributed by atoms with Gasteiger partial charge in [0.1, 0.15) is 5.52 Å². The van der Waals surface area contributed by atoms with Gasteiger partial charge in [-0.05, 0) is 31.9 Å². The average molecular weight is 462 g/mol. The first-order chi connectivity index (χ1) is 15.7. The molecular weight excluding hydrogens is 445 g/mol. The highest BCUT2D eigenvalue weighted by Gasteiger charge is 2.39. The molecule has 0 aliphatic carbocycles. The van der Waals surface area contributed by atoms with Crippen molar-refractivity contribution in [1.29, 1.82) is 0 Å². The SMILES string of the molecule is Cc1c(C(=O)N2CCC(c3noc(C(F)(F)F)n3)CC2)cnn1-c1nn2cccc2c(=O)[nH]1. The Balaban J connectivity index is 1.31. The van der Waals surface area contributed by atoms with E-state index in [4.69, 9.17) is 0 Å². The summed E-state index contributed by atoms with van der Waals surface area (Å²) in [5.74, 6) is -1.82. The molecule has 0 atom stereocenters. The van der Waals surface area contributed by atoms with Gasteiger partial charge in [0, 0.05) is 25.2 Å². The van der Waals surface area contributed by atoms with Crippen molar-refractivity contribution >= 4 is 11.4 Å². The molecule has 1 amide bonds. The van der Waals surface area contributed by atoms with Gasteiger partial charge < -0.3 is 9.42 Å². The summed E-state index contributed by atoms with van der Waals surface area (Å²) >= 11 is 0. The second-order valence-electron chi connectivity index (χ2n) is 7.69. The third kappa shape index (κ3) is 3.66. The number of fused-ring (bicyclic) bond motifs is 1. The number of nitrogens with one attached hydrogen (secondary N) is 1. The highest BCUT2D eigenvalue weighted by molar-refractivity contribution is 5.95. The second kappa shape index (κ2) is 7.56. The lowest BCUT2D eigenvalue weighted by Crippen LogP contribution is -2.38. The van der Waals surface area contributed by atoms with Crippen LogP contribution in [-0.4, -0.2) is 58.4 Å². The number of nitrogens with zero attached hydrogens (tertiary/aromatic N) is 7. The van der Waals surface area contributed by atoms with Crippen LogP contribution in [0.1, 0.15) is 46.5 Å². The van der Waals surface area contributed by atoms with Crippen LogP contribution in [0.4, 0.5) is 13.2 Å². The van der Waals surface area contributed by atoms with Gasteiger partial charge in [-0.3, -0.25) is 14.6 Å². The van der Waals surface area contributed by atoms with Crippen molar-refractivity contribution in [2.24, 2.45) is 0 Å². The predicted molar refractivity (Wildman–Crippen MR) is 105 cm³/mol. The minimum absolute atomic E-state index is 0.00569. The molecule has 0 radical (unpaired) electrons. The van der Waals surface area contributed by atoms with Gasteiger partial charge in [0.25, 0.3) is 11.5 Å². The summed E-state index contributed by atoms with van der Waals surface area (Å²) in [5.41, 5.74) is 0.865. The van der Waals surface area contributed by atoms with Gasteiger partial charge in [0.15, 0.2) is 5.82 Å². The van der Waals surface area contributed by atoms with Gasteiger partial charge in [0.05, 0.1) is 17.5 Å². The first-order valence-electron chi connectivity index (χ1n) is 10.0. The lowest BCUT2D eigenvalue weighted by Gasteiger charge is -2.30. The molecule has 5 heterocycles. The largest absolute Gasteiger partial charge is 0.471 e. The van der Waals surface area contributed by atoms with Crippen molar-refractivity contribution in [1.82, 2.24) is 39.4 Å². The van der Waals surface area contributed by atoms with Crippen LogP contribution < -0.4 is 5.56 Å². The Bertz CT molecular complexity index is 1390. The molecule has 4 aromatic rings. The third-order valence-electron chi connectivity index (χ3n) is 5.66. The van der Waals surface area contributed by atoms with E-state index >= 15 is 0 Å². The molecule has 1 N–H and O–H groups in total. The number of aromatic amines is 1. The Labute approximate surface area is 182 Å². The Morgan fingerprint density at radius 3 is 2.73 bits per heavy atom. The van der Waals surface area contributed by atoms with Crippen molar-refractivity contribution in [3.63, 3.8) is 0 Å². The van der Waals surface area contributed by atoms with Crippen molar-refractivity contribution < 1.29 is 22.5 Å². The van der Waals surface area contributed by atoms with E-state index in [1.807, 2.05) is 0 Å². The fourth-order valence-corrected chi connectivity index (χ4v) is 3.89. The van der Waals surface area contributed by atoms with Crippen molar-refractivity contribution in [2.75, 3.05) is 13.1 Å². The highest BCUT2D eigenvalue weighted by Crippen LogP contribution is 2.32. The summed E-state index contributed by atoms with van der Waals surface area (Å²) in [6.07, 6.45) is -0.864. The zero-order valence-corrected chi connectivity index (χ0v) is 17.2. The van der Waals surface area contributed by atoms with E-state index in [-0.39, 0.29) is 29.2 Å². The number of hydrogen-bond donors (Lipinski definition) is 1. The molecule has 0 saturated carbocycles. The molecule has 4 aromatic heterocycles. The Hall–Kier alpha value is -3.97. The second-order valence-corrected chi connectivity index (χ2v) is 7.69. The van der Waals surface area contributed by atoms with Crippen LogP contribution in [0.3, 0.4) is 0 Å². The molecular formula is C19H17F3N8O3. The van der Waals surface area contributed by atoms with E-state index in [0.29, 0.717) is 42.7 Å². The van der Waals surface area contributed by atoms with Crippen molar-refractivity contribution in [3.05, 3.63) is 57.9 Å². The number of H-pyrrole nitrogens is 1. The van der Waals surface area contributed by atoms with E-state index < -0.39 is 12.1 Å². The molecule has 1 aliphatic rings. The summed E-state index contributed by atoms with van der Waals surface area (Å²) in [7, 11) is 0. The van der Waals surface area contributed by atoms with E-state index in [1.165, 1.54) is 15.4 Å². The molecule has 0 bridgehead atoms. The molecule has 11 nitrogen and oxygen atoms in total. The fourth-order valence-electron chi connectivity index (χ4n) is 3.89. The third-order valence-corrected chi connectivity index (χ3v) is 5.66. The van der Waals surface area contributed by atoms with Crippen LogP contribution in [0.5, 0.6) is 0 Å². The van der Waals surface area contributed by atoms with E-state index in [0.717, 1.165) is 0 Å². The monoisotopic (exact) mass is 462 g/mol. The molecule has 172 valence electrons. The normalized spacial score (nSPS) is 15.5. The number of carbonyl (C=O) groups is 1. The van der Waals surface area contributed by atoms with Crippen LogP contribution in [0, 0.1) is 6.92 Å². The maximum Gasteiger partial charge on any atom is 0.471 e. The van der Waals surface area contributed by atoms with Gasteiger partial charge >= 0.3 is 12.1 Å². The lowest BCUT2D eigenvalue weighted by atomic mass is 9.95. The number of piperidine rings is 1. The summed E-state index contributed by atoms with van der Waals surface area (Å²) in [5, 5.41) is 12.0. The Kier molecular flexibility index (Phi) is 4.79. The summed E-state index contributed by atoms with van der Waals surface area (Å²) < 4.78 is 45.2. The van der Waals surface area contributed by atoms with E-state index in [9.17, 15) is 22.8 Å². The maximum atomic E-state index is 13.1. The molecule has 33 heavy (non-hydrogen) atoms. The average Bonchev–Trinajstić information content (AvgIpc) is 3.52. The lowest BCUT2D eigenvalue weighted by molar-refractivity contribution is -0.159. The molecule has 1 saturated heterocycles. The smallest absolute Gasteiger partial charge is 0.338 e. The van der Waals surface area contributed by atoms with Gasteiger partial charge in [0.2, 0.25) is 5.95 Å². The van der Waals surface area contributed by atoms with Crippen molar-refractivity contribution in [2.45, 2.75) is 31.9 Å². The minimum Gasteiger partial charge on any atom is -0.338 e. The zero-order valence-electron chi connectivity index (χ0n) is 17.2. The first kappa shape index (κ1) is 20.9. The number of rotatable bonds is 3. The van der Waals surface area contributed by atoms with E-state index in [1.54, 1.807) is 30.2 Å². The standard InChI is InChI=1S/C19H17F3N8O3/c1-10-12(9-23-30(10)18-25-15(31)13-3-2-6-29(13)26-18)16(32)28-7-4-11(5-8-28)14-24-17(33-27-14)19(20,21)22/h2-3,6,9,11H,4-5,7-8H2,1H3,(H,25,26,31). The molecule has 5 rings (SSSR count). The highest BCUT2D eigenvalue weighted by atomic mass is 19.4. The molecule has 14 heteroatoms.